The van der Waals surface area contributed by atoms with Gasteiger partial charge in [-0.05, 0) is 12.5 Å². The van der Waals surface area contributed by atoms with Crippen molar-refractivity contribution in [1.29, 1.82) is 0 Å². The molecule has 0 saturated carbocycles. The van der Waals surface area contributed by atoms with Crippen LogP contribution in [0, 0.1) is 0 Å². The molecule has 0 radical (unpaired) electrons. The summed E-state index contributed by atoms with van der Waals surface area (Å²) in [6, 6.07) is 9.69. The van der Waals surface area contributed by atoms with E-state index in [1.165, 1.54) is 4.68 Å². The van der Waals surface area contributed by atoms with Crippen molar-refractivity contribution in [3.63, 3.8) is 0 Å². The van der Waals surface area contributed by atoms with Gasteiger partial charge in [0.2, 0.25) is 0 Å². The van der Waals surface area contributed by atoms with Crippen molar-refractivity contribution in [3.05, 3.63) is 57.5 Å². The second-order valence-electron chi connectivity index (χ2n) is 4.82. The predicted molar refractivity (Wildman–Crippen MR) is 84.0 cm³/mol. The van der Waals surface area contributed by atoms with Crippen LogP contribution in [0.5, 0.6) is 0 Å². The van der Waals surface area contributed by atoms with E-state index in [2.05, 4.69) is 10.4 Å². The Bertz CT molecular complexity index is 643. The summed E-state index contributed by atoms with van der Waals surface area (Å²) in [4.78, 5) is 12.2. The standard InChI is InChI=1S/C15H18ClN3O2/c1-11(10-21-2)18-13-8-17-19(15(20)14(13)16)9-12-6-4-3-5-7-12/h3-8,11,18H,9-10H2,1-2H3. The van der Waals surface area contributed by atoms with E-state index in [4.69, 9.17) is 16.3 Å². The largest absolute Gasteiger partial charge is 0.383 e. The van der Waals surface area contributed by atoms with Crippen molar-refractivity contribution >= 4 is 17.3 Å². The molecule has 0 spiro atoms. The molecule has 1 heterocycles. The Kier molecular flexibility index (Phi) is 5.36. The summed E-state index contributed by atoms with van der Waals surface area (Å²) in [5.41, 5.74) is 1.21. The van der Waals surface area contributed by atoms with Gasteiger partial charge in [0.05, 0.1) is 25.0 Å². The number of hydrogen-bond acceptors (Lipinski definition) is 4. The van der Waals surface area contributed by atoms with E-state index < -0.39 is 0 Å². The number of halogens is 1. The molecular formula is C15H18ClN3O2. The third kappa shape index (κ3) is 4.06. The van der Waals surface area contributed by atoms with Crippen LogP contribution in [0.2, 0.25) is 5.02 Å². The van der Waals surface area contributed by atoms with E-state index in [0.717, 1.165) is 5.56 Å². The van der Waals surface area contributed by atoms with Crippen LogP contribution >= 0.6 is 11.6 Å². The summed E-state index contributed by atoms with van der Waals surface area (Å²) in [5, 5.41) is 7.42. The lowest BCUT2D eigenvalue weighted by Gasteiger charge is -2.15. The fourth-order valence-electron chi connectivity index (χ4n) is 1.99. The first kappa shape index (κ1) is 15.5. The van der Waals surface area contributed by atoms with Gasteiger partial charge in [0.1, 0.15) is 5.02 Å². The lowest BCUT2D eigenvalue weighted by Crippen LogP contribution is -2.27. The summed E-state index contributed by atoms with van der Waals surface area (Å²) in [7, 11) is 1.62. The normalized spacial score (nSPS) is 12.1. The average molecular weight is 308 g/mol. The number of rotatable bonds is 6. The molecule has 1 atom stereocenters. The van der Waals surface area contributed by atoms with E-state index >= 15 is 0 Å². The third-order valence-corrected chi connectivity index (χ3v) is 3.34. The molecule has 2 rings (SSSR count). The maximum Gasteiger partial charge on any atom is 0.287 e. The van der Waals surface area contributed by atoms with Crippen LogP contribution < -0.4 is 10.9 Å². The molecule has 0 aliphatic heterocycles. The Hall–Kier alpha value is -1.85. The molecule has 0 aliphatic rings. The molecule has 112 valence electrons. The van der Waals surface area contributed by atoms with Gasteiger partial charge < -0.3 is 10.1 Å². The maximum absolute atomic E-state index is 12.2. The van der Waals surface area contributed by atoms with Crippen LogP contribution in [0.1, 0.15) is 12.5 Å². The number of nitrogens with zero attached hydrogens (tertiary/aromatic N) is 2. The molecule has 1 N–H and O–H groups in total. The monoisotopic (exact) mass is 307 g/mol. The summed E-state index contributed by atoms with van der Waals surface area (Å²) in [6.45, 7) is 2.85. The van der Waals surface area contributed by atoms with Crippen LogP contribution in [-0.4, -0.2) is 29.5 Å². The Balaban J connectivity index is 2.19. The zero-order valence-corrected chi connectivity index (χ0v) is 12.8. The van der Waals surface area contributed by atoms with Gasteiger partial charge in [-0.25, -0.2) is 4.68 Å². The van der Waals surface area contributed by atoms with Crippen molar-refractivity contribution in [2.45, 2.75) is 19.5 Å². The number of benzene rings is 1. The summed E-state index contributed by atoms with van der Waals surface area (Å²) < 4.78 is 6.39. The van der Waals surface area contributed by atoms with Crippen LogP contribution in [0.25, 0.3) is 0 Å². The van der Waals surface area contributed by atoms with E-state index in [9.17, 15) is 4.79 Å². The molecule has 6 heteroatoms. The Morgan fingerprint density at radius 2 is 2.10 bits per heavy atom. The predicted octanol–water partition coefficient (Wildman–Crippen LogP) is 2.39. The molecule has 0 fully saturated rings. The minimum absolute atomic E-state index is 0.0404. The molecule has 0 bridgehead atoms. The van der Waals surface area contributed by atoms with Crippen molar-refractivity contribution in [3.8, 4) is 0 Å². The molecule has 2 aromatic rings. The van der Waals surface area contributed by atoms with E-state index in [0.29, 0.717) is 18.8 Å². The van der Waals surface area contributed by atoms with Crippen LogP contribution in [0.15, 0.2) is 41.3 Å². The quantitative estimate of drug-likeness (QED) is 0.890. The highest BCUT2D eigenvalue weighted by Gasteiger charge is 2.11. The molecule has 0 aliphatic carbocycles. The van der Waals surface area contributed by atoms with Crippen molar-refractivity contribution < 1.29 is 4.74 Å². The number of nitrogens with one attached hydrogen (secondary N) is 1. The third-order valence-electron chi connectivity index (χ3n) is 2.98. The Labute approximate surface area is 128 Å². The highest BCUT2D eigenvalue weighted by Crippen LogP contribution is 2.16. The van der Waals surface area contributed by atoms with Gasteiger partial charge in [-0.15, -0.1) is 0 Å². The van der Waals surface area contributed by atoms with E-state index in [1.54, 1.807) is 13.3 Å². The fourth-order valence-corrected chi connectivity index (χ4v) is 2.19. The molecule has 1 unspecified atom stereocenters. The molecule has 21 heavy (non-hydrogen) atoms. The SMILES string of the molecule is COCC(C)Nc1cnn(Cc2ccccc2)c(=O)c1Cl. The van der Waals surface area contributed by atoms with Crippen molar-refractivity contribution in [2.75, 3.05) is 19.0 Å². The second kappa shape index (κ2) is 7.24. The minimum atomic E-state index is -0.310. The van der Waals surface area contributed by atoms with Gasteiger partial charge in [0.15, 0.2) is 0 Å². The average Bonchev–Trinajstić information content (AvgIpc) is 2.48. The van der Waals surface area contributed by atoms with Gasteiger partial charge in [0.25, 0.3) is 5.56 Å². The second-order valence-corrected chi connectivity index (χ2v) is 5.20. The highest BCUT2D eigenvalue weighted by molar-refractivity contribution is 6.32. The molecule has 0 saturated heterocycles. The number of aromatic nitrogens is 2. The molecule has 5 nitrogen and oxygen atoms in total. The zero-order chi connectivity index (χ0) is 15.2. The number of hydrogen-bond donors (Lipinski definition) is 1. The summed E-state index contributed by atoms with van der Waals surface area (Å²) in [6.07, 6.45) is 1.57. The lowest BCUT2D eigenvalue weighted by atomic mass is 10.2. The van der Waals surface area contributed by atoms with Gasteiger partial charge in [-0.2, -0.15) is 5.10 Å². The van der Waals surface area contributed by atoms with Crippen LogP contribution in [-0.2, 0) is 11.3 Å². The van der Waals surface area contributed by atoms with Crippen LogP contribution in [0.4, 0.5) is 5.69 Å². The number of anilines is 1. The zero-order valence-electron chi connectivity index (χ0n) is 12.0. The number of ether oxygens (including phenoxy) is 1. The molecular weight excluding hydrogens is 290 g/mol. The Morgan fingerprint density at radius 3 is 2.76 bits per heavy atom. The smallest absolute Gasteiger partial charge is 0.287 e. The van der Waals surface area contributed by atoms with Gasteiger partial charge in [0, 0.05) is 13.2 Å². The summed E-state index contributed by atoms with van der Waals surface area (Å²) in [5.74, 6) is 0. The first-order chi connectivity index (χ1) is 10.1. The first-order valence-electron chi connectivity index (χ1n) is 6.67. The first-order valence-corrected chi connectivity index (χ1v) is 7.04. The van der Waals surface area contributed by atoms with Gasteiger partial charge >= 0.3 is 0 Å². The minimum Gasteiger partial charge on any atom is -0.383 e. The number of methoxy groups -OCH3 is 1. The van der Waals surface area contributed by atoms with Crippen molar-refractivity contribution in [1.82, 2.24) is 9.78 Å². The van der Waals surface area contributed by atoms with Crippen LogP contribution in [0.3, 0.4) is 0 Å². The van der Waals surface area contributed by atoms with E-state index in [-0.39, 0.29) is 16.6 Å². The molecule has 1 aromatic heterocycles. The molecule has 1 aromatic carbocycles. The van der Waals surface area contributed by atoms with Gasteiger partial charge in [-0.3, -0.25) is 4.79 Å². The Morgan fingerprint density at radius 1 is 1.38 bits per heavy atom. The highest BCUT2D eigenvalue weighted by atomic mass is 35.5. The summed E-state index contributed by atoms with van der Waals surface area (Å²) >= 11 is 6.13. The maximum atomic E-state index is 12.2. The van der Waals surface area contributed by atoms with Crippen molar-refractivity contribution in [2.24, 2.45) is 0 Å². The topological polar surface area (TPSA) is 56.1 Å². The van der Waals surface area contributed by atoms with E-state index in [1.807, 2.05) is 37.3 Å². The lowest BCUT2D eigenvalue weighted by molar-refractivity contribution is 0.190. The van der Waals surface area contributed by atoms with Gasteiger partial charge in [-0.1, -0.05) is 41.9 Å². The fraction of sp³-hybridized carbons (Fsp3) is 0.333. The molecule has 0 amide bonds.